The summed E-state index contributed by atoms with van der Waals surface area (Å²) in [4.78, 5) is 17.3. The molecule has 2 aromatic carbocycles. The summed E-state index contributed by atoms with van der Waals surface area (Å²) < 4.78 is 8.34. The summed E-state index contributed by atoms with van der Waals surface area (Å²) in [5.41, 5.74) is 3.51. The molecule has 30 heavy (non-hydrogen) atoms. The van der Waals surface area contributed by atoms with E-state index in [9.17, 15) is 4.79 Å². The number of ether oxygens (including phenoxy) is 1. The Balaban J connectivity index is 1.49. The molecule has 0 bridgehead atoms. The maximum Gasteiger partial charge on any atom is 0.323 e. The summed E-state index contributed by atoms with van der Waals surface area (Å²) in [6.45, 7) is 0.742. The number of benzene rings is 2. The van der Waals surface area contributed by atoms with Crippen LogP contribution in [0.4, 0.5) is 11.4 Å². The number of aromatic nitrogens is 3. The highest BCUT2D eigenvalue weighted by molar-refractivity contribution is 7.72. The predicted octanol–water partition coefficient (Wildman–Crippen LogP) is 4.17. The van der Waals surface area contributed by atoms with Crippen molar-refractivity contribution in [3.8, 4) is 11.4 Å². The number of nitrogens with one attached hydrogen (secondary N) is 2. The Morgan fingerprint density at radius 1 is 1.20 bits per heavy atom. The normalized spacial score (nSPS) is 13.4. The van der Waals surface area contributed by atoms with Crippen molar-refractivity contribution >= 4 is 48.2 Å². The van der Waals surface area contributed by atoms with E-state index < -0.39 is 5.97 Å². The van der Waals surface area contributed by atoms with Crippen LogP contribution < -0.4 is 9.64 Å². The minimum Gasteiger partial charge on any atom is -0.480 e. The smallest absolute Gasteiger partial charge is 0.323 e. The van der Waals surface area contributed by atoms with E-state index in [2.05, 4.69) is 15.2 Å². The fourth-order valence-electron chi connectivity index (χ4n) is 3.46. The monoisotopic (exact) mass is 441 g/mol. The molecule has 2 heterocycles. The first-order valence-corrected chi connectivity index (χ1v) is 10.1. The highest BCUT2D eigenvalue weighted by Gasteiger charge is 2.19. The predicted molar refractivity (Wildman–Crippen MR) is 120 cm³/mol. The summed E-state index contributed by atoms with van der Waals surface area (Å²) in [5.74, 6) is -0.180. The largest absolute Gasteiger partial charge is 0.480 e. The highest BCUT2D eigenvalue weighted by Crippen LogP contribution is 2.30. The average molecular weight is 442 g/mol. The van der Waals surface area contributed by atoms with Crippen LogP contribution in [0, 0.1) is 9.54 Å². The molecular weight excluding hydrogens is 422 g/mol. The van der Waals surface area contributed by atoms with Crippen molar-refractivity contribution in [1.82, 2.24) is 14.8 Å². The molecule has 1 aromatic heterocycles. The fraction of sp³-hybridized carbons (Fsp3) is 0.200. The number of aliphatic carboxylic acids is 1. The number of fused-ring (bicyclic) bond motifs is 1. The molecule has 10 heteroatoms. The zero-order valence-electron chi connectivity index (χ0n) is 15.9. The highest BCUT2D eigenvalue weighted by atomic mass is 32.1. The van der Waals surface area contributed by atoms with E-state index in [4.69, 9.17) is 34.3 Å². The number of hydrogen-bond acceptors (Lipinski definition) is 6. The number of carboxylic acids is 1. The molecule has 0 atom stereocenters. The van der Waals surface area contributed by atoms with Crippen LogP contribution in [0.2, 0.25) is 0 Å². The zero-order valence-corrected chi connectivity index (χ0v) is 17.5. The van der Waals surface area contributed by atoms with Crippen molar-refractivity contribution in [3.05, 3.63) is 57.6 Å². The lowest BCUT2D eigenvalue weighted by Gasteiger charge is -2.30. The molecule has 1 aliphatic heterocycles. The van der Waals surface area contributed by atoms with Crippen LogP contribution in [0.15, 0.2) is 47.5 Å². The van der Waals surface area contributed by atoms with Gasteiger partial charge < -0.3 is 14.7 Å². The van der Waals surface area contributed by atoms with E-state index in [0.717, 1.165) is 36.3 Å². The van der Waals surface area contributed by atoms with Gasteiger partial charge in [0.25, 0.3) is 0 Å². The lowest BCUT2D eigenvalue weighted by molar-refractivity contribution is -0.135. The number of carbonyl (C=O) groups is 1. The number of nitrogens with zero attached hydrogens (tertiary/aromatic N) is 3. The standard InChI is InChI=1S/C20H19N5O3S2/c26-18(27)11-24-8-2-3-13-9-16(6-7-17(13)24)28-12-21-14-4-1-5-15(10-14)25-19(29)22-23-20(25)30/h1,4-7,9-10,12H,2-3,8,11H2,(H,22,29)(H,23,30)(H,26,27). The quantitative estimate of drug-likeness (QED) is 0.302. The molecule has 0 unspecified atom stereocenters. The summed E-state index contributed by atoms with van der Waals surface area (Å²) in [6.07, 6.45) is 3.18. The van der Waals surface area contributed by atoms with Gasteiger partial charge in [-0.15, -0.1) is 0 Å². The number of carboxylic acid groups (broad SMARTS) is 1. The second-order valence-electron chi connectivity index (χ2n) is 6.78. The lowest BCUT2D eigenvalue weighted by atomic mass is 10.0. The Morgan fingerprint density at radius 2 is 2.00 bits per heavy atom. The first-order valence-electron chi connectivity index (χ1n) is 9.30. The van der Waals surface area contributed by atoms with Crippen LogP contribution in [0.3, 0.4) is 0 Å². The number of aliphatic imine (C=N–C) groups is 1. The molecule has 8 nitrogen and oxygen atoms in total. The Hall–Kier alpha value is -3.24. The molecule has 3 N–H and O–H groups in total. The number of hydrogen-bond donors (Lipinski definition) is 3. The zero-order chi connectivity index (χ0) is 21.1. The van der Waals surface area contributed by atoms with E-state index >= 15 is 0 Å². The van der Waals surface area contributed by atoms with Gasteiger partial charge >= 0.3 is 5.97 Å². The second-order valence-corrected chi connectivity index (χ2v) is 7.55. The summed E-state index contributed by atoms with van der Waals surface area (Å²) in [7, 11) is 0. The van der Waals surface area contributed by atoms with Crippen molar-refractivity contribution in [1.29, 1.82) is 0 Å². The van der Waals surface area contributed by atoms with Crippen LogP contribution in [0.1, 0.15) is 12.0 Å². The topological polar surface area (TPSA) is 98.6 Å². The maximum atomic E-state index is 11.1. The van der Waals surface area contributed by atoms with Gasteiger partial charge in [-0.05, 0) is 79.2 Å². The van der Waals surface area contributed by atoms with Gasteiger partial charge in [-0.3, -0.25) is 19.6 Å². The molecule has 0 aliphatic carbocycles. The minimum atomic E-state index is -0.834. The number of H-pyrrole nitrogens is 2. The lowest BCUT2D eigenvalue weighted by Crippen LogP contribution is -2.34. The Morgan fingerprint density at radius 3 is 2.77 bits per heavy atom. The van der Waals surface area contributed by atoms with E-state index in [1.165, 1.54) is 6.40 Å². The molecule has 0 saturated carbocycles. The van der Waals surface area contributed by atoms with Gasteiger partial charge in [0.2, 0.25) is 0 Å². The average Bonchev–Trinajstić information content (AvgIpc) is 3.06. The molecule has 4 rings (SSSR count). The Labute approximate surface area is 182 Å². The molecule has 154 valence electrons. The van der Waals surface area contributed by atoms with Crippen LogP contribution >= 0.6 is 24.4 Å². The van der Waals surface area contributed by atoms with Gasteiger partial charge in [-0.25, -0.2) is 4.99 Å². The van der Waals surface area contributed by atoms with Crippen LogP contribution in [-0.2, 0) is 11.2 Å². The van der Waals surface area contributed by atoms with Gasteiger partial charge in [0.1, 0.15) is 12.3 Å². The number of rotatable bonds is 6. The molecule has 0 saturated heterocycles. The first kappa shape index (κ1) is 20.0. The number of anilines is 1. The third kappa shape index (κ3) is 4.34. The fourth-order valence-corrected chi connectivity index (χ4v) is 4.01. The van der Waals surface area contributed by atoms with Gasteiger partial charge in [0, 0.05) is 12.2 Å². The van der Waals surface area contributed by atoms with E-state index in [-0.39, 0.29) is 6.54 Å². The van der Waals surface area contributed by atoms with Crippen LogP contribution in [0.5, 0.6) is 5.75 Å². The molecule has 0 amide bonds. The Bertz CT molecular complexity index is 1200. The third-order valence-corrected chi connectivity index (χ3v) is 5.32. The Kier molecular flexibility index (Phi) is 5.77. The summed E-state index contributed by atoms with van der Waals surface area (Å²) in [6, 6.07) is 13.1. The molecular formula is C20H19N5O3S2. The SMILES string of the molecule is O=C(O)CN1CCCc2cc(OC=Nc3cccc(-n4c(=S)[nH][nH]c4=S)c3)ccc21. The van der Waals surface area contributed by atoms with Gasteiger partial charge in [0.05, 0.1) is 11.4 Å². The second kappa shape index (κ2) is 8.64. The number of aromatic amines is 2. The van der Waals surface area contributed by atoms with Crippen molar-refractivity contribution in [3.63, 3.8) is 0 Å². The van der Waals surface area contributed by atoms with E-state index in [1.54, 1.807) is 4.57 Å². The van der Waals surface area contributed by atoms with Gasteiger partial charge in [0.15, 0.2) is 15.9 Å². The summed E-state index contributed by atoms with van der Waals surface area (Å²) in [5, 5.41) is 14.7. The maximum absolute atomic E-state index is 11.1. The van der Waals surface area contributed by atoms with Crippen molar-refractivity contribution in [2.24, 2.45) is 4.99 Å². The minimum absolute atomic E-state index is 0.0000667. The number of aryl methyl sites for hydroxylation is 1. The third-order valence-electron chi connectivity index (χ3n) is 4.75. The molecule has 1 aliphatic rings. The van der Waals surface area contributed by atoms with Crippen molar-refractivity contribution in [2.45, 2.75) is 12.8 Å². The molecule has 0 fully saturated rings. The van der Waals surface area contributed by atoms with E-state index in [1.807, 2.05) is 47.4 Å². The van der Waals surface area contributed by atoms with Crippen LogP contribution in [-0.4, -0.2) is 45.3 Å². The van der Waals surface area contributed by atoms with Gasteiger partial charge in [-0.1, -0.05) is 6.07 Å². The molecule has 0 spiro atoms. The van der Waals surface area contributed by atoms with Crippen LogP contribution in [0.25, 0.3) is 5.69 Å². The summed E-state index contributed by atoms with van der Waals surface area (Å²) >= 11 is 10.5. The first-order chi connectivity index (χ1) is 14.5. The van der Waals surface area contributed by atoms with Crippen molar-refractivity contribution in [2.75, 3.05) is 18.0 Å². The molecule has 3 aromatic rings. The van der Waals surface area contributed by atoms with Crippen molar-refractivity contribution < 1.29 is 14.6 Å². The van der Waals surface area contributed by atoms with Gasteiger partial charge in [-0.2, -0.15) is 0 Å². The van der Waals surface area contributed by atoms with E-state index in [0.29, 0.717) is 21.0 Å². The molecule has 0 radical (unpaired) electrons.